The molecular formula is C14H23NO4. The summed E-state index contributed by atoms with van der Waals surface area (Å²) >= 11 is 0. The van der Waals surface area contributed by atoms with Gasteiger partial charge in [-0.25, -0.2) is 4.79 Å². The summed E-state index contributed by atoms with van der Waals surface area (Å²) < 4.78 is 5.28. The van der Waals surface area contributed by atoms with Crippen LogP contribution in [0.3, 0.4) is 0 Å². The zero-order chi connectivity index (χ0) is 13.8. The van der Waals surface area contributed by atoms with Crippen molar-refractivity contribution < 1.29 is 19.4 Å². The van der Waals surface area contributed by atoms with Gasteiger partial charge in [0.05, 0.1) is 0 Å². The predicted molar refractivity (Wildman–Crippen MR) is 69.7 cm³/mol. The molecule has 2 atom stereocenters. The van der Waals surface area contributed by atoms with E-state index in [1.165, 1.54) is 0 Å². The third-order valence-electron chi connectivity index (χ3n) is 4.27. The Morgan fingerprint density at radius 2 is 1.95 bits per heavy atom. The third kappa shape index (κ3) is 3.69. The lowest BCUT2D eigenvalue weighted by Crippen LogP contribution is -2.50. The second kappa shape index (κ2) is 6.37. The second-order valence-corrected chi connectivity index (χ2v) is 5.83. The van der Waals surface area contributed by atoms with Crippen molar-refractivity contribution in [3.8, 4) is 0 Å². The molecule has 0 radical (unpaired) electrons. The minimum atomic E-state index is -0.869. The number of amides is 1. The average molecular weight is 269 g/mol. The zero-order valence-electron chi connectivity index (χ0n) is 11.5. The number of rotatable bonds is 3. The first-order chi connectivity index (χ1) is 9.08. The van der Waals surface area contributed by atoms with Crippen LogP contribution >= 0.6 is 0 Å². The highest BCUT2D eigenvalue weighted by Gasteiger charge is 2.35. The van der Waals surface area contributed by atoms with Gasteiger partial charge in [0.25, 0.3) is 0 Å². The molecule has 0 aromatic heterocycles. The van der Waals surface area contributed by atoms with Crippen LogP contribution in [-0.2, 0) is 14.3 Å². The van der Waals surface area contributed by atoms with Gasteiger partial charge in [-0.3, -0.25) is 4.79 Å². The monoisotopic (exact) mass is 269 g/mol. The van der Waals surface area contributed by atoms with E-state index in [1.807, 2.05) is 0 Å². The summed E-state index contributed by atoms with van der Waals surface area (Å²) in [4.78, 5) is 25.2. The molecular weight excluding hydrogens is 246 g/mol. The van der Waals surface area contributed by atoms with E-state index in [4.69, 9.17) is 4.74 Å². The lowest BCUT2D eigenvalue weighted by Gasteiger charge is -2.37. The molecule has 5 nitrogen and oxygen atoms in total. The van der Waals surface area contributed by atoms with Crippen LogP contribution in [0.15, 0.2) is 0 Å². The van der Waals surface area contributed by atoms with E-state index in [0.717, 1.165) is 32.5 Å². The molecule has 2 fully saturated rings. The third-order valence-corrected chi connectivity index (χ3v) is 4.27. The van der Waals surface area contributed by atoms with Crippen molar-refractivity contribution >= 4 is 11.9 Å². The number of carbonyl (C=O) groups excluding carboxylic acids is 1. The summed E-state index contributed by atoms with van der Waals surface area (Å²) in [5.41, 5.74) is 0. The van der Waals surface area contributed by atoms with E-state index in [-0.39, 0.29) is 5.91 Å². The first-order valence-electron chi connectivity index (χ1n) is 7.18. The molecule has 0 bridgehead atoms. The van der Waals surface area contributed by atoms with Crippen LogP contribution in [0.5, 0.6) is 0 Å². The molecule has 19 heavy (non-hydrogen) atoms. The number of carboxylic acid groups (broad SMARTS) is 1. The predicted octanol–water partition coefficient (Wildman–Crippen LogP) is 1.51. The lowest BCUT2D eigenvalue weighted by molar-refractivity contribution is -0.153. The number of carboxylic acids is 1. The van der Waals surface area contributed by atoms with Crippen LogP contribution in [0.4, 0.5) is 0 Å². The van der Waals surface area contributed by atoms with Crippen molar-refractivity contribution in [1.82, 2.24) is 4.90 Å². The van der Waals surface area contributed by atoms with Gasteiger partial charge in [-0.1, -0.05) is 6.92 Å². The Kier molecular flexibility index (Phi) is 4.80. The standard InChI is InChI=1S/C14H23NO4/c1-10-2-5-15(12(8-10)14(17)18)13(16)9-11-3-6-19-7-4-11/h10-12H,2-9H2,1H3,(H,17,18). The number of nitrogens with zero attached hydrogens (tertiary/aromatic N) is 1. The average Bonchev–Trinajstić information content (AvgIpc) is 2.39. The number of hydrogen-bond donors (Lipinski definition) is 1. The minimum absolute atomic E-state index is 0.00574. The Balaban J connectivity index is 1.93. The van der Waals surface area contributed by atoms with E-state index in [1.54, 1.807) is 4.90 Å². The summed E-state index contributed by atoms with van der Waals surface area (Å²) in [5, 5.41) is 9.27. The van der Waals surface area contributed by atoms with Gasteiger partial charge in [-0.15, -0.1) is 0 Å². The molecule has 2 aliphatic heterocycles. The van der Waals surface area contributed by atoms with Gasteiger partial charge in [-0.05, 0) is 37.5 Å². The number of ether oxygens (including phenoxy) is 1. The highest BCUT2D eigenvalue weighted by molar-refractivity contribution is 5.84. The molecule has 2 rings (SSSR count). The van der Waals surface area contributed by atoms with E-state index in [9.17, 15) is 14.7 Å². The molecule has 5 heteroatoms. The SMILES string of the molecule is CC1CCN(C(=O)CC2CCOCC2)C(C(=O)O)C1. The van der Waals surface area contributed by atoms with Crippen LogP contribution in [-0.4, -0.2) is 47.7 Å². The van der Waals surface area contributed by atoms with Crippen LogP contribution in [0.1, 0.15) is 39.0 Å². The first-order valence-corrected chi connectivity index (χ1v) is 7.18. The molecule has 108 valence electrons. The fraction of sp³-hybridized carbons (Fsp3) is 0.857. The Labute approximate surface area is 113 Å². The lowest BCUT2D eigenvalue weighted by atomic mass is 9.90. The van der Waals surface area contributed by atoms with Gasteiger partial charge in [0.1, 0.15) is 6.04 Å². The molecule has 0 saturated carbocycles. The van der Waals surface area contributed by atoms with Gasteiger partial charge in [0.2, 0.25) is 5.91 Å². The van der Waals surface area contributed by atoms with Crippen LogP contribution < -0.4 is 0 Å². The minimum Gasteiger partial charge on any atom is -0.480 e. The van der Waals surface area contributed by atoms with Crippen LogP contribution in [0.25, 0.3) is 0 Å². The topological polar surface area (TPSA) is 66.8 Å². The van der Waals surface area contributed by atoms with E-state index in [0.29, 0.717) is 31.2 Å². The van der Waals surface area contributed by atoms with Gasteiger partial charge >= 0.3 is 5.97 Å². The molecule has 2 heterocycles. The first kappa shape index (κ1) is 14.3. The van der Waals surface area contributed by atoms with Crippen molar-refractivity contribution in [2.45, 2.75) is 45.1 Å². The van der Waals surface area contributed by atoms with Crippen molar-refractivity contribution in [3.63, 3.8) is 0 Å². The molecule has 0 spiro atoms. The van der Waals surface area contributed by atoms with Gasteiger partial charge in [0, 0.05) is 26.2 Å². The van der Waals surface area contributed by atoms with Crippen molar-refractivity contribution in [2.24, 2.45) is 11.8 Å². The zero-order valence-corrected chi connectivity index (χ0v) is 11.5. The maximum absolute atomic E-state index is 12.3. The number of aliphatic carboxylic acids is 1. The summed E-state index contributed by atoms with van der Waals surface area (Å²) in [6, 6.07) is -0.629. The smallest absolute Gasteiger partial charge is 0.326 e. The molecule has 1 amide bonds. The Hall–Kier alpha value is -1.10. The fourth-order valence-electron chi connectivity index (χ4n) is 2.99. The Bertz CT molecular complexity index is 338. The molecule has 2 unspecified atom stereocenters. The van der Waals surface area contributed by atoms with E-state index >= 15 is 0 Å². The largest absolute Gasteiger partial charge is 0.480 e. The maximum atomic E-state index is 12.3. The molecule has 1 N–H and O–H groups in total. The summed E-state index contributed by atoms with van der Waals surface area (Å²) in [7, 11) is 0. The number of piperidine rings is 1. The van der Waals surface area contributed by atoms with Gasteiger partial charge in [0.15, 0.2) is 0 Å². The molecule has 0 aromatic carbocycles. The number of carbonyl (C=O) groups is 2. The number of likely N-dealkylation sites (tertiary alicyclic amines) is 1. The Morgan fingerprint density at radius 1 is 1.26 bits per heavy atom. The molecule has 2 aliphatic rings. The molecule has 0 aliphatic carbocycles. The molecule has 0 aromatic rings. The quantitative estimate of drug-likeness (QED) is 0.843. The Morgan fingerprint density at radius 3 is 2.58 bits per heavy atom. The summed E-state index contributed by atoms with van der Waals surface area (Å²) in [6.07, 6.45) is 3.78. The fourth-order valence-corrected chi connectivity index (χ4v) is 2.99. The van der Waals surface area contributed by atoms with Gasteiger partial charge in [-0.2, -0.15) is 0 Å². The maximum Gasteiger partial charge on any atom is 0.326 e. The normalized spacial score (nSPS) is 29.2. The highest BCUT2D eigenvalue weighted by Crippen LogP contribution is 2.26. The summed E-state index contributed by atoms with van der Waals surface area (Å²) in [6.45, 7) is 4.07. The second-order valence-electron chi connectivity index (χ2n) is 5.83. The van der Waals surface area contributed by atoms with Gasteiger partial charge < -0.3 is 14.7 Å². The summed E-state index contributed by atoms with van der Waals surface area (Å²) in [5.74, 6) is -0.124. The van der Waals surface area contributed by atoms with E-state index < -0.39 is 12.0 Å². The number of hydrogen-bond acceptors (Lipinski definition) is 3. The van der Waals surface area contributed by atoms with Crippen molar-refractivity contribution in [2.75, 3.05) is 19.8 Å². The van der Waals surface area contributed by atoms with Crippen LogP contribution in [0.2, 0.25) is 0 Å². The van der Waals surface area contributed by atoms with Crippen LogP contribution in [0, 0.1) is 11.8 Å². The molecule has 2 saturated heterocycles. The van der Waals surface area contributed by atoms with Crippen molar-refractivity contribution in [3.05, 3.63) is 0 Å². The van der Waals surface area contributed by atoms with E-state index in [2.05, 4.69) is 6.92 Å². The van der Waals surface area contributed by atoms with Crippen molar-refractivity contribution in [1.29, 1.82) is 0 Å². The highest BCUT2D eigenvalue weighted by atomic mass is 16.5.